The van der Waals surface area contributed by atoms with E-state index in [0.717, 1.165) is 42.0 Å². The summed E-state index contributed by atoms with van der Waals surface area (Å²) < 4.78 is 17.0. The van der Waals surface area contributed by atoms with Crippen molar-refractivity contribution in [2.75, 3.05) is 34.4 Å². The summed E-state index contributed by atoms with van der Waals surface area (Å²) in [7, 11) is 5.19. The van der Waals surface area contributed by atoms with Crippen molar-refractivity contribution in [1.29, 1.82) is 0 Å². The highest BCUT2D eigenvalue weighted by molar-refractivity contribution is 5.96. The number of likely N-dealkylation sites (N-methyl/N-ethyl adjacent to an activating group) is 1. The second-order valence-electron chi connectivity index (χ2n) is 7.42. The Bertz CT molecular complexity index is 1160. The third kappa shape index (κ3) is 3.60. The van der Waals surface area contributed by atoms with Crippen molar-refractivity contribution in [2.24, 2.45) is 0 Å². The third-order valence-electron chi connectivity index (χ3n) is 5.55. The second-order valence-corrected chi connectivity index (χ2v) is 7.42. The summed E-state index contributed by atoms with van der Waals surface area (Å²) in [5.74, 6) is 1.59. The summed E-state index contributed by atoms with van der Waals surface area (Å²) in [6.45, 7) is 1.52. The van der Waals surface area contributed by atoms with Gasteiger partial charge in [-0.2, -0.15) is 0 Å². The molecule has 0 unspecified atom stereocenters. The smallest absolute Gasteiger partial charge is 0.197 e. The van der Waals surface area contributed by atoms with Crippen molar-refractivity contribution in [3.8, 4) is 22.8 Å². The fraction of sp³-hybridized carbons (Fsp3) is 0.292. The van der Waals surface area contributed by atoms with Crippen molar-refractivity contribution in [1.82, 2.24) is 4.90 Å². The van der Waals surface area contributed by atoms with E-state index in [1.807, 2.05) is 24.3 Å². The zero-order valence-electron chi connectivity index (χ0n) is 17.4. The lowest BCUT2D eigenvalue weighted by molar-refractivity contribution is 0.280. The molecular weight excluding hydrogens is 382 g/mol. The topological polar surface area (TPSA) is 72.1 Å². The lowest BCUT2D eigenvalue weighted by Crippen LogP contribution is -2.24. The quantitative estimate of drug-likeness (QED) is 0.696. The van der Waals surface area contributed by atoms with E-state index in [2.05, 4.69) is 18.0 Å². The van der Waals surface area contributed by atoms with Gasteiger partial charge in [-0.3, -0.25) is 4.79 Å². The van der Waals surface area contributed by atoms with E-state index in [1.165, 1.54) is 13.2 Å². The standard InChI is InChI=1S/C24H25NO5/c1-25-10-8-16(9-11-25)22-17(14-26)12-21(29-3)23-19(27)13-20(30-24(22)23)15-4-6-18(28-2)7-5-15/h4-8,12-13,26H,9-11,14H2,1-3H3. The molecule has 4 rings (SSSR count). The molecule has 1 N–H and O–H groups in total. The van der Waals surface area contributed by atoms with Gasteiger partial charge in [-0.25, -0.2) is 0 Å². The molecule has 0 spiro atoms. The van der Waals surface area contributed by atoms with Crippen molar-refractivity contribution in [2.45, 2.75) is 13.0 Å². The summed E-state index contributed by atoms with van der Waals surface area (Å²) in [6, 6.07) is 10.6. The predicted molar refractivity (Wildman–Crippen MR) is 117 cm³/mol. The number of ether oxygens (including phenoxy) is 2. The number of hydrogen-bond acceptors (Lipinski definition) is 6. The van der Waals surface area contributed by atoms with Crippen LogP contribution in [0.2, 0.25) is 0 Å². The SMILES string of the molecule is COc1ccc(-c2cc(=O)c3c(OC)cc(CO)c(C4=CCN(C)CC4)c3o2)cc1. The van der Waals surface area contributed by atoms with Gasteiger partial charge in [0.15, 0.2) is 5.43 Å². The molecule has 2 heterocycles. The number of nitrogens with zero attached hydrogens (tertiary/aromatic N) is 1. The van der Waals surface area contributed by atoms with E-state index in [0.29, 0.717) is 28.0 Å². The van der Waals surface area contributed by atoms with Crippen LogP contribution in [0.3, 0.4) is 0 Å². The molecular formula is C24H25NO5. The Morgan fingerprint density at radius 1 is 1.13 bits per heavy atom. The summed E-state index contributed by atoms with van der Waals surface area (Å²) in [5.41, 5.74) is 3.58. The van der Waals surface area contributed by atoms with Crippen LogP contribution in [0.1, 0.15) is 17.5 Å². The van der Waals surface area contributed by atoms with Crippen LogP contribution >= 0.6 is 0 Å². The monoisotopic (exact) mass is 407 g/mol. The Balaban J connectivity index is 2.00. The Labute approximate surface area is 175 Å². The average molecular weight is 407 g/mol. The minimum absolute atomic E-state index is 0.175. The molecule has 6 nitrogen and oxygen atoms in total. The van der Waals surface area contributed by atoms with Crippen LogP contribution in [0, 0.1) is 0 Å². The molecule has 6 heteroatoms. The summed E-state index contributed by atoms with van der Waals surface area (Å²) in [5, 5.41) is 10.5. The zero-order valence-corrected chi connectivity index (χ0v) is 17.4. The molecule has 30 heavy (non-hydrogen) atoms. The van der Waals surface area contributed by atoms with Crippen LogP contribution in [-0.2, 0) is 6.61 Å². The minimum Gasteiger partial charge on any atom is -0.497 e. The van der Waals surface area contributed by atoms with Gasteiger partial charge in [0.2, 0.25) is 0 Å². The van der Waals surface area contributed by atoms with Crippen molar-refractivity contribution in [3.05, 3.63) is 63.8 Å². The fourth-order valence-corrected chi connectivity index (χ4v) is 3.88. The Morgan fingerprint density at radius 3 is 2.50 bits per heavy atom. The van der Waals surface area contributed by atoms with Crippen LogP contribution in [0.25, 0.3) is 27.9 Å². The molecule has 0 saturated carbocycles. The van der Waals surface area contributed by atoms with Crippen molar-refractivity contribution in [3.63, 3.8) is 0 Å². The van der Waals surface area contributed by atoms with Gasteiger partial charge in [0.25, 0.3) is 0 Å². The van der Waals surface area contributed by atoms with E-state index in [-0.39, 0.29) is 12.0 Å². The number of methoxy groups -OCH3 is 2. The number of rotatable bonds is 5. The maximum Gasteiger partial charge on any atom is 0.197 e. The predicted octanol–water partition coefficient (Wildman–Crippen LogP) is 3.69. The van der Waals surface area contributed by atoms with Crippen LogP contribution in [0.4, 0.5) is 0 Å². The molecule has 1 aliphatic rings. The molecule has 2 aromatic carbocycles. The first-order chi connectivity index (χ1) is 14.5. The normalized spacial score (nSPS) is 14.6. The van der Waals surface area contributed by atoms with E-state index < -0.39 is 0 Å². The van der Waals surface area contributed by atoms with Crippen molar-refractivity contribution < 1.29 is 19.0 Å². The highest BCUT2D eigenvalue weighted by Crippen LogP contribution is 2.38. The van der Waals surface area contributed by atoms with E-state index in [1.54, 1.807) is 13.2 Å². The van der Waals surface area contributed by atoms with E-state index >= 15 is 0 Å². The molecule has 0 aliphatic carbocycles. The molecule has 1 aromatic heterocycles. The van der Waals surface area contributed by atoms with Gasteiger partial charge in [-0.1, -0.05) is 6.08 Å². The number of aliphatic hydroxyl groups excluding tert-OH is 1. The fourth-order valence-electron chi connectivity index (χ4n) is 3.88. The zero-order chi connectivity index (χ0) is 21.3. The van der Waals surface area contributed by atoms with Gasteiger partial charge in [0, 0.05) is 30.3 Å². The molecule has 156 valence electrons. The van der Waals surface area contributed by atoms with Gasteiger partial charge >= 0.3 is 0 Å². The van der Waals surface area contributed by atoms with Gasteiger partial charge in [0.1, 0.15) is 28.2 Å². The first kappa shape index (κ1) is 20.2. The molecule has 0 amide bonds. The first-order valence-electron chi connectivity index (χ1n) is 9.86. The second kappa shape index (κ2) is 8.34. The highest BCUT2D eigenvalue weighted by Gasteiger charge is 2.22. The van der Waals surface area contributed by atoms with Crippen molar-refractivity contribution >= 4 is 16.5 Å². The molecule has 0 bridgehead atoms. The average Bonchev–Trinajstić information content (AvgIpc) is 2.78. The highest BCUT2D eigenvalue weighted by atomic mass is 16.5. The number of fused-ring (bicyclic) bond motifs is 1. The lowest BCUT2D eigenvalue weighted by Gasteiger charge is -2.24. The summed E-state index contributed by atoms with van der Waals surface area (Å²) in [6.07, 6.45) is 2.94. The van der Waals surface area contributed by atoms with E-state index in [9.17, 15) is 9.90 Å². The molecule has 0 fully saturated rings. The van der Waals surface area contributed by atoms with Gasteiger partial charge in [-0.05, 0) is 54.9 Å². The summed E-state index contributed by atoms with van der Waals surface area (Å²) >= 11 is 0. The molecule has 1 aliphatic heterocycles. The lowest BCUT2D eigenvalue weighted by atomic mass is 9.92. The minimum atomic E-state index is -0.182. The number of benzene rings is 2. The largest absolute Gasteiger partial charge is 0.497 e. The maximum atomic E-state index is 13.1. The van der Waals surface area contributed by atoms with Crippen LogP contribution in [-0.4, -0.2) is 44.4 Å². The maximum absolute atomic E-state index is 13.1. The molecule has 0 atom stereocenters. The van der Waals surface area contributed by atoms with Gasteiger partial charge < -0.3 is 23.9 Å². The van der Waals surface area contributed by atoms with Gasteiger partial charge in [-0.15, -0.1) is 0 Å². The third-order valence-corrected chi connectivity index (χ3v) is 5.55. The molecule has 0 radical (unpaired) electrons. The van der Waals surface area contributed by atoms with Crippen LogP contribution in [0.5, 0.6) is 11.5 Å². The van der Waals surface area contributed by atoms with E-state index in [4.69, 9.17) is 13.9 Å². The Morgan fingerprint density at radius 2 is 1.90 bits per heavy atom. The van der Waals surface area contributed by atoms with Crippen LogP contribution < -0.4 is 14.9 Å². The number of hydrogen-bond donors (Lipinski definition) is 1. The first-order valence-corrected chi connectivity index (χ1v) is 9.86. The molecule has 0 saturated heterocycles. The van der Waals surface area contributed by atoms with Crippen LogP contribution in [0.15, 0.2) is 51.7 Å². The Kier molecular flexibility index (Phi) is 5.61. The Hall–Kier alpha value is -3.09. The summed E-state index contributed by atoms with van der Waals surface area (Å²) in [4.78, 5) is 15.3. The van der Waals surface area contributed by atoms with Gasteiger partial charge in [0.05, 0.1) is 20.8 Å². The number of aliphatic hydroxyl groups is 1. The molecule has 3 aromatic rings.